The van der Waals surface area contributed by atoms with Crippen molar-refractivity contribution in [2.45, 2.75) is 37.3 Å². The van der Waals surface area contributed by atoms with Crippen molar-refractivity contribution in [1.29, 1.82) is 0 Å². The molecule has 0 atom stereocenters. The van der Waals surface area contributed by atoms with Crippen LogP contribution in [0.25, 0.3) is 0 Å². The molecule has 3 nitrogen and oxygen atoms in total. The first-order valence-electron chi connectivity index (χ1n) is 6.53. The number of hydrogen-bond acceptors (Lipinski definition) is 3. The van der Waals surface area contributed by atoms with E-state index in [4.69, 9.17) is 10.5 Å². The van der Waals surface area contributed by atoms with E-state index in [1.165, 1.54) is 6.07 Å². The Morgan fingerprint density at radius 2 is 1.90 bits per heavy atom. The number of hydrogen-bond donors (Lipinski definition) is 2. The highest BCUT2D eigenvalue weighted by Crippen LogP contribution is 2.50. The zero-order valence-corrected chi connectivity index (χ0v) is 11.3. The molecule has 1 saturated carbocycles. The molecule has 0 heterocycles. The van der Waals surface area contributed by atoms with Gasteiger partial charge in [-0.1, -0.05) is 18.9 Å². The summed E-state index contributed by atoms with van der Waals surface area (Å²) < 4.78 is 43.4. The van der Waals surface area contributed by atoms with Gasteiger partial charge < -0.3 is 15.6 Å². The van der Waals surface area contributed by atoms with E-state index in [1.807, 2.05) is 0 Å². The van der Waals surface area contributed by atoms with Crippen LogP contribution < -0.4 is 10.5 Å². The van der Waals surface area contributed by atoms with Crippen molar-refractivity contribution in [3.8, 4) is 11.5 Å². The molecule has 3 N–H and O–H groups in total. The van der Waals surface area contributed by atoms with Gasteiger partial charge >= 0.3 is 6.18 Å². The minimum atomic E-state index is -4.56. The first-order chi connectivity index (χ1) is 9.35. The van der Waals surface area contributed by atoms with Crippen LogP contribution in [0.4, 0.5) is 13.2 Å². The van der Waals surface area contributed by atoms with Gasteiger partial charge in [-0.3, -0.25) is 0 Å². The minimum absolute atomic E-state index is 0.301. The normalized spacial score (nSPS) is 18.2. The monoisotopic (exact) mass is 289 g/mol. The Labute approximate surface area is 115 Å². The molecule has 0 unspecified atom stereocenters. The van der Waals surface area contributed by atoms with Crippen LogP contribution in [0.1, 0.15) is 36.8 Å². The predicted octanol–water partition coefficient (Wildman–Crippen LogP) is 3.19. The lowest BCUT2D eigenvalue weighted by molar-refractivity contribution is -0.138. The van der Waals surface area contributed by atoms with Crippen LogP contribution in [0, 0.1) is 0 Å². The van der Waals surface area contributed by atoms with E-state index in [-0.39, 0.29) is 0 Å². The molecule has 0 aromatic heterocycles. The first-order valence-corrected chi connectivity index (χ1v) is 6.53. The second-order valence-electron chi connectivity index (χ2n) is 5.23. The second-order valence-corrected chi connectivity index (χ2v) is 5.23. The quantitative estimate of drug-likeness (QED) is 0.898. The summed E-state index contributed by atoms with van der Waals surface area (Å²) in [5.74, 6) is -0.954. The SMILES string of the molecule is COc1c(C(F)(F)F)ccc(C2(CN)CCCC2)c1O. The van der Waals surface area contributed by atoms with Gasteiger partial charge in [0.05, 0.1) is 7.11 Å². The summed E-state index contributed by atoms with van der Waals surface area (Å²) in [5.41, 5.74) is 4.86. The third-order valence-electron chi connectivity index (χ3n) is 4.16. The van der Waals surface area contributed by atoms with Crippen molar-refractivity contribution in [3.05, 3.63) is 23.3 Å². The largest absolute Gasteiger partial charge is 0.504 e. The number of rotatable bonds is 3. The molecule has 6 heteroatoms. The number of phenols is 1. The molecular formula is C14H18F3NO2. The Morgan fingerprint density at radius 3 is 2.35 bits per heavy atom. The van der Waals surface area contributed by atoms with Crippen molar-refractivity contribution in [1.82, 2.24) is 0 Å². The van der Waals surface area contributed by atoms with E-state index in [1.54, 1.807) is 0 Å². The summed E-state index contributed by atoms with van der Waals surface area (Å²) >= 11 is 0. The number of alkyl halides is 3. The van der Waals surface area contributed by atoms with Crippen LogP contribution in [0.3, 0.4) is 0 Å². The van der Waals surface area contributed by atoms with Gasteiger partial charge in [-0.25, -0.2) is 0 Å². The number of methoxy groups -OCH3 is 1. The number of halogens is 3. The first kappa shape index (κ1) is 15.0. The van der Waals surface area contributed by atoms with Gasteiger partial charge in [-0.15, -0.1) is 0 Å². The molecule has 0 saturated heterocycles. The van der Waals surface area contributed by atoms with Crippen molar-refractivity contribution >= 4 is 0 Å². The summed E-state index contributed by atoms with van der Waals surface area (Å²) in [6, 6.07) is 2.29. The highest BCUT2D eigenvalue weighted by Gasteiger charge is 2.41. The molecular weight excluding hydrogens is 271 g/mol. The van der Waals surface area contributed by atoms with Gasteiger partial charge in [0.25, 0.3) is 0 Å². The molecule has 1 aliphatic carbocycles. The van der Waals surface area contributed by atoms with E-state index in [9.17, 15) is 18.3 Å². The van der Waals surface area contributed by atoms with Crippen molar-refractivity contribution < 1.29 is 23.0 Å². The fourth-order valence-electron chi connectivity index (χ4n) is 3.06. The molecule has 0 amide bonds. The fraction of sp³-hybridized carbons (Fsp3) is 0.571. The zero-order valence-electron chi connectivity index (χ0n) is 11.3. The molecule has 0 spiro atoms. The number of phenolic OH excluding ortho intramolecular Hbond substituents is 1. The van der Waals surface area contributed by atoms with Crippen LogP contribution in [-0.4, -0.2) is 18.8 Å². The average molecular weight is 289 g/mol. The number of nitrogens with two attached hydrogens (primary N) is 1. The van der Waals surface area contributed by atoms with Gasteiger partial charge in [0.15, 0.2) is 11.5 Å². The number of benzene rings is 1. The zero-order chi connectivity index (χ0) is 15.0. The van der Waals surface area contributed by atoms with Crippen LogP contribution in [0.15, 0.2) is 12.1 Å². The van der Waals surface area contributed by atoms with E-state index in [0.717, 1.165) is 38.9 Å². The molecule has 112 valence electrons. The third kappa shape index (κ3) is 2.32. The molecule has 20 heavy (non-hydrogen) atoms. The summed E-state index contributed by atoms with van der Waals surface area (Å²) in [4.78, 5) is 0. The predicted molar refractivity (Wildman–Crippen MR) is 68.9 cm³/mol. The molecule has 1 aliphatic rings. The topological polar surface area (TPSA) is 55.5 Å². The lowest BCUT2D eigenvalue weighted by Crippen LogP contribution is -2.32. The Balaban J connectivity index is 2.57. The lowest BCUT2D eigenvalue weighted by atomic mass is 9.78. The number of ether oxygens (including phenoxy) is 1. The van der Waals surface area contributed by atoms with Crippen LogP contribution in [0.5, 0.6) is 11.5 Å². The maximum Gasteiger partial charge on any atom is 0.420 e. The summed E-state index contributed by atoms with van der Waals surface area (Å²) in [6.45, 7) is 0.301. The highest BCUT2D eigenvalue weighted by atomic mass is 19.4. The van der Waals surface area contributed by atoms with Crippen LogP contribution >= 0.6 is 0 Å². The van der Waals surface area contributed by atoms with E-state index >= 15 is 0 Å². The van der Waals surface area contributed by atoms with Crippen molar-refractivity contribution in [2.75, 3.05) is 13.7 Å². The minimum Gasteiger partial charge on any atom is -0.504 e. The number of aromatic hydroxyl groups is 1. The van der Waals surface area contributed by atoms with Crippen LogP contribution in [0.2, 0.25) is 0 Å². The maximum absolute atomic E-state index is 12.9. The summed E-state index contributed by atoms with van der Waals surface area (Å²) in [6.07, 6.45) is -1.11. The van der Waals surface area contributed by atoms with Gasteiger partial charge in [-0.2, -0.15) is 13.2 Å². The van der Waals surface area contributed by atoms with Gasteiger partial charge in [0.2, 0.25) is 0 Å². The Kier molecular flexibility index (Phi) is 3.86. The van der Waals surface area contributed by atoms with E-state index < -0.39 is 28.7 Å². The molecule has 0 bridgehead atoms. The molecule has 0 radical (unpaired) electrons. The van der Waals surface area contributed by atoms with E-state index in [0.29, 0.717) is 12.1 Å². The van der Waals surface area contributed by atoms with Gasteiger partial charge in [0.1, 0.15) is 5.56 Å². The average Bonchev–Trinajstić information content (AvgIpc) is 2.87. The summed E-state index contributed by atoms with van der Waals surface area (Å²) in [7, 11) is 1.12. The smallest absolute Gasteiger partial charge is 0.420 e. The Bertz CT molecular complexity index is 494. The maximum atomic E-state index is 12.9. The molecule has 1 aromatic carbocycles. The molecule has 0 aliphatic heterocycles. The second kappa shape index (κ2) is 5.16. The molecule has 1 aromatic rings. The fourth-order valence-corrected chi connectivity index (χ4v) is 3.06. The molecule has 2 rings (SSSR count). The lowest BCUT2D eigenvalue weighted by Gasteiger charge is -2.29. The highest BCUT2D eigenvalue weighted by molar-refractivity contribution is 5.55. The van der Waals surface area contributed by atoms with Crippen molar-refractivity contribution in [2.24, 2.45) is 5.73 Å². The van der Waals surface area contributed by atoms with Gasteiger partial charge in [-0.05, 0) is 18.9 Å². The van der Waals surface area contributed by atoms with Gasteiger partial charge in [0, 0.05) is 17.5 Å². The third-order valence-corrected chi connectivity index (χ3v) is 4.16. The van der Waals surface area contributed by atoms with Crippen LogP contribution in [-0.2, 0) is 11.6 Å². The Morgan fingerprint density at radius 1 is 1.30 bits per heavy atom. The molecule has 1 fully saturated rings. The Hall–Kier alpha value is -1.43. The van der Waals surface area contributed by atoms with E-state index in [2.05, 4.69) is 0 Å². The van der Waals surface area contributed by atoms with Crippen molar-refractivity contribution in [3.63, 3.8) is 0 Å². The standard InChI is InChI=1S/C14H18F3NO2/c1-20-12-10(14(15,16)17)5-4-9(11(12)19)13(8-18)6-2-3-7-13/h4-5,19H,2-3,6-8,18H2,1H3. The summed E-state index contributed by atoms with van der Waals surface area (Å²) in [5, 5.41) is 10.2.